The van der Waals surface area contributed by atoms with Crippen LogP contribution in [0.2, 0.25) is 0 Å². The van der Waals surface area contributed by atoms with Crippen LogP contribution in [0.4, 0.5) is 0 Å². The van der Waals surface area contributed by atoms with E-state index in [9.17, 15) is 0 Å². The number of guanidine groups is 1. The normalized spacial score (nSPS) is 31.0. The molecule has 4 nitrogen and oxygen atoms in total. The molecule has 0 radical (unpaired) electrons. The van der Waals surface area contributed by atoms with Crippen LogP contribution in [0.15, 0.2) is 4.99 Å². The van der Waals surface area contributed by atoms with Gasteiger partial charge in [-0.15, -0.1) is 0 Å². The molecule has 2 heterocycles. The Kier molecular flexibility index (Phi) is 6.56. The summed E-state index contributed by atoms with van der Waals surface area (Å²) in [7, 11) is 6.33. The second kappa shape index (κ2) is 7.97. The molecule has 0 saturated carbocycles. The highest BCUT2D eigenvalue weighted by atomic mass is 32.2. The molecule has 0 aliphatic carbocycles. The summed E-state index contributed by atoms with van der Waals surface area (Å²) in [6, 6.07) is 0. The lowest BCUT2D eigenvalue weighted by molar-refractivity contribution is 0.181. The molecule has 2 saturated heterocycles. The van der Waals surface area contributed by atoms with Gasteiger partial charge in [0.25, 0.3) is 0 Å². The van der Waals surface area contributed by atoms with Crippen molar-refractivity contribution in [3.05, 3.63) is 0 Å². The number of thioether (sulfide) groups is 2. The molecule has 122 valence electrons. The predicted octanol–water partition coefficient (Wildman–Crippen LogP) is 1.83. The molecule has 21 heavy (non-hydrogen) atoms. The zero-order valence-corrected chi connectivity index (χ0v) is 15.5. The van der Waals surface area contributed by atoms with E-state index in [2.05, 4.69) is 64.7 Å². The number of likely N-dealkylation sites (N-methyl/N-ethyl adjacent to an activating group) is 1. The smallest absolute Gasteiger partial charge is 0.193 e. The summed E-state index contributed by atoms with van der Waals surface area (Å²) in [5.74, 6) is 4.80. The van der Waals surface area contributed by atoms with Crippen molar-refractivity contribution in [1.29, 1.82) is 0 Å². The van der Waals surface area contributed by atoms with Crippen LogP contribution in [0.3, 0.4) is 0 Å². The van der Waals surface area contributed by atoms with Gasteiger partial charge in [-0.3, -0.25) is 4.99 Å². The van der Waals surface area contributed by atoms with E-state index in [0.29, 0.717) is 0 Å². The van der Waals surface area contributed by atoms with Gasteiger partial charge in [0.2, 0.25) is 0 Å². The average Bonchev–Trinajstić information content (AvgIpc) is 2.98. The lowest BCUT2D eigenvalue weighted by Gasteiger charge is -2.39. The van der Waals surface area contributed by atoms with Crippen molar-refractivity contribution >= 4 is 29.5 Å². The minimum atomic E-state index is 0.287. The van der Waals surface area contributed by atoms with Gasteiger partial charge in [0.15, 0.2) is 5.96 Å². The summed E-state index contributed by atoms with van der Waals surface area (Å²) in [5.41, 5.74) is 0.287. The Morgan fingerprint density at radius 2 is 2.24 bits per heavy atom. The van der Waals surface area contributed by atoms with E-state index in [-0.39, 0.29) is 5.54 Å². The maximum atomic E-state index is 4.53. The molecule has 1 N–H and O–H groups in total. The SMILES string of the molecule is CCC1CN(C(=NC)NCC2(N(C)C)CCSC2)CCS1. The molecular weight excluding hydrogens is 300 g/mol. The molecule has 2 unspecified atom stereocenters. The number of rotatable bonds is 4. The van der Waals surface area contributed by atoms with Gasteiger partial charge in [0.1, 0.15) is 0 Å². The minimum absolute atomic E-state index is 0.287. The monoisotopic (exact) mass is 330 g/mol. The van der Waals surface area contributed by atoms with Gasteiger partial charge < -0.3 is 15.1 Å². The highest BCUT2D eigenvalue weighted by Gasteiger charge is 2.37. The summed E-state index contributed by atoms with van der Waals surface area (Å²) in [4.78, 5) is 9.37. The molecule has 0 bridgehead atoms. The standard InChI is InChI=1S/C15H30N4S2/c1-5-13-10-19(7-9-21-13)14(16-2)17-11-15(18(3)4)6-8-20-12-15/h13H,5-12H2,1-4H3,(H,16,17). The topological polar surface area (TPSA) is 30.9 Å². The van der Waals surface area contributed by atoms with Gasteiger partial charge in [0.05, 0.1) is 0 Å². The summed E-state index contributed by atoms with van der Waals surface area (Å²) >= 11 is 4.18. The molecule has 2 atom stereocenters. The molecule has 0 aromatic heterocycles. The van der Waals surface area contributed by atoms with Crippen LogP contribution in [-0.4, -0.2) is 84.6 Å². The molecule has 2 aliphatic heterocycles. The maximum absolute atomic E-state index is 4.53. The Bertz CT molecular complexity index is 354. The molecule has 0 aromatic carbocycles. The molecule has 2 aliphatic rings. The highest BCUT2D eigenvalue weighted by molar-refractivity contribution is 8.00. The third kappa shape index (κ3) is 4.23. The zero-order valence-electron chi connectivity index (χ0n) is 13.9. The number of nitrogens with zero attached hydrogens (tertiary/aromatic N) is 3. The zero-order chi connectivity index (χ0) is 15.3. The number of aliphatic imine (C=N–C) groups is 1. The van der Waals surface area contributed by atoms with Gasteiger partial charge in [-0.2, -0.15) is 23.5 Å². The molecule has 2 rings (SSSR count). The summed E-state index contributed by atoms with van der Waals surface area (Å²) in [6.07, 6.45) is 2.51. The van der Waals surface area contributed by atoms with E-state index in [1.807, 2.05) is 7.05 Å². The van der Waals surface area contributed by atoms with Gasteiger partial charge in [-0.25, -0.2) is 0 Å². The second-order valence-electron chi connectivity index (χ2n) is 6.17. The van der Waals surface area contributed by atoms with Crippen LogP contribution < -0.4 is 5.32 Å². The van der Waals surface area contributed by atoms with Crippen molar-refractivity contribution in [2.45, 2.75) is 30.6 Å². The second-order valence-corrected chi connectivity index (χ2v) is 8.68. The molecule has 0 aromatic rings. The van der Waals surface area contributed by atoms with Crippen LogP contribution in [-0.2, 0) is 0 Å². The van der Waals surface area contributed by atoms with Gasteiger partial charge in [-0.05, 0) is 32.7 Å². The highest BCUT2D eigenvalue weighted by Crippen LogP contribution is 2.31. The first-order valence-corrected chi connectivity index (χ1v) is 10.1. The Labute approximate surface area is 138 Å². The molecular formula is C15H30N4S2. The van der Waals surface area contributed by atoms with E-state index >= 15 is 0 Å². The number of nitrogens with one attached hydrogen (secondary N) is 1. The third-order valence-corrected chi connectivity index (χ3v) is 7.32. The van der Waals surface area contributed by atoms with Crippen molar-refractivity contribution in [1.82, 2.24) is 15.1 Å². The summed E-state index contributed by atoms with van der Waals surface area (Å²) in [5, 5.41) is 4.41. The van der Waals surface area contributed by atoms with Crippen molar-refractivity contribution in [2.24, 2.45) is 4.99 Å². The largest absolute Gasteiger partial charge is 0.354 e. The summed E-state index contributed by atoms with van der Waals surface area (Å²) in [6.45, 7) is 5.53. The summed E-state index contributed by atoms with van der Waals surface area (Å²) < 4.78 is 0. The van der Waals surface area contributed by atoms with Crippen LogP contribution in [0.25, 0.3) is 0 Å². The quantitative estimate of drug-likeness (QED) is 0.628. The van der Waals surface area contributed by atoms with Gasteiger partial charge >= 0.3 is 0 Å². The van der Waals surface area contributed by atoms with Crippen LogP contribution in [0.1, 0.15) is 19.8 Å². The predicted molar refractivity (Wildman–Crippen MR) is 97.8 cm³/mol. The van der Waals surface area contributed by atoms with Crippen molar-refractivity contribution in [3.63, 3.8) is 0 Å². The third-order valence-electron chi connectivity index (χ3n) is 4.71. The molecule has 0 spiro atoms. The average molecular weight is 331 g/mol. The first-order valence-electron chi connectivity index (χ1n) is 7.93. The first kappa shape index (κ1) is 17.3. The van der Waals surface area contributed by atoms with E-state index in [4.69, 9.17) is 0 Å². The van der Waals surface area contributed by atoms with E-state index in [0.717, 1.165) is 30.8 Å². The maximum Gasteiger partial charge on any atom is 0.193 e. The van der Waals surface area contributed by atoms with E-state index in [1.165, 1.54) is 30.1 Å². The van der Waals surface area contributed by atoms with Crippen molar-refractivity contribution in [3.8, 4) is 0 Å². The molecule has 6 heteroatoms. The van der Waals surface area contributed by atoms with E-state index in [1.54, 1.807) is 0 Å². The van der Waals surface area contributed by atoms with Crippen molar-refractivity contribution < 1.29 is 0 Å². The van der Waals surface area contributed by atoms with E-state index < -0.39 is 0 Å². The minimum Gasteiger partial charge on any atom is -0.354 e. The van der Waals surface area contributed by atoms with Gasteiger partial charge in [0, 0.05) is 49.0 Å². The first-order chi connectivity index (χ1) is 10.1. The van der Waals surface area contributed by atoms with Crippen LogP contribution in [0, 0.1) is 0 Å². The van der Waals surface area contributed by atoms with Gasteiger partial charge in [-0.1, -0.05) is 6.92 Å². The molecule has 2 fully saturated rings. The fraction of sp³-hybridized carbons (Fsp3) is 0.933. The Balaban J connectivity index is 1.93. The fourth-order valence-corrected chi connectivity index (χ4v) is 5.71. The van der Waals surface area contributed by atoms with Crippen molar-refractivity contribution in [2.75, 3.05) is 58.0 Å². The van der Waals surface area contributed by atoms with Crippen LogP contribution >= 0.6 is 23.5 Å². The Morgan fingerprint density at radius 1 is 1.43 bits per heavy atom. The number of hydrogen-bond acceptors (Lipinski definition) is 4. The number of hydrogen-bond donors (Lipinski definition) is 1. The Hall–Kier alpha value is -0.0700. The fourth-order valence-electron chi connectivity index (χ4n) is 2.98. The Morgan fingerprint density at radius 3 is 2.81 bits per heavy atom. The van der Waals surface area contributed by atoms with Crippen LogP contribution in [0.5, 0.6) is 0 Å². The molecule has 0 amide bonds. The lowest BCUT2D eigenvalue weighted by Crippen LogP contribution is -2.56. The lowest BCUT2D eigenvalue weighted by atomic mass is 9.97.